The van der Waals surface area contributed by atoms with E-state index >= 15 is 0 Å². The Morgan fingerprint density at radius 3 is 2.21 bits per heavy atom. The molecule has 2 amide bonds. The molecule has 0 bridgehead atoms. The van der Waals surface area contributed by atoms with Crippen molar-refractivity contribution in [2.24, 2.45) is 0 Å². The molecule has 1 atom stereocenters. The molecule has 3 aromatic carbocycles. The number of ether oxygens (including phenoxy) is 1. The number of benzene rings is 3. The monoisotopic (exact) mass is 470 g/mol. The lowest BCUT2D eigenvalue weighted by atomic mass is 10.0. The molecule has 2 N–H and O–H groups in total. The number of rotatable bonds is 9. The van der Waals surface area contributed by atoms with Gasteiger partial charge in [0.25, 0.3) is 0 Å². The van der Waals surface area contributed by atoms with Gasteiger partial charge in [0.1, 0.15) is 11.8 Å². The number of hydrogen-bond acceptors (Lipinski definition) is 3. The maximum Gasteiger partial charge on any atom is 0.416 e. The van der Waals surface area contributed by atoms with Gasteiger partial charge in [0.05, 0.1) is 19.1 Å². The molecule has 3 rings (SSSR count). The van der Waals surface area contributed by atoms with Crippen molar-refractivity contribution in [3.63, 3.8) is 0 Å². The predicted octanol–water partition coefficient (Wildman–Crippen LogP) is 4.30. The maximum absolute atomic E-state index is 13.1. The fourth-order valence-electron chi connectivity index (χ4n) is 3.40. The normalized spacial score (nSPS) is 12.0. The van der Waals surface area contributed by atoms with E-state index in [0.29, 0.717) is 16.9 Å². The first-order valence-electron chi connectivity index (χ1n) is 10.6. The molecular formula is C26H25F3N2O3. The summed E-state index contributed by atoms with van der Waals surface area (Å²) in [5.41, 5.74) is 1.05. The van der Waals surface area contributed by atoms with E-state index in [1.807, 2.05) is 30.3 Å². The van der Waals surface area contributed by atoms with Crippen LogP contribution in [0.1, 0.15) is 22.3 Å². The van der Waals surface area contributed by atoms with Crippen LogP contribution in [0.4, 0.5) is 13.2 Å². The third kappa shape index (κ3) is 7.37. The molecule has 34 heavy (non-hydrogen) atoms. The van der Waals surface area contributed by atoms with Gasteiger partial charge in [-0.3, -0.25) is 9.59 Å². The highest BCUT2D eigenvalue weighted by Crippen LogP contribution is 2.29. The quantitative estimate of drug-likeness (QED) is 0.490. The minimum atomic E-state index is -4.50. The Bertz CT molecular complexity index is 1100. The van der Waals surface area contributed by atoms with Gasteiger partial charge in [-0.1, -0.05) is 60.7 Å². The van der Waals surface area contributed by atoms with E-state index in [9.17, 15) is 22.8 Å². The van der Waals surface area contributed by atoms with Gasteiger partial charge in [-0.15, -0.1) is 0 Å². The molecule has 0 unspecified atom stereocenters. The van der Waals surface area contributed by atoms with Crippen molar-refractivity contribution in [3.05, 3.63) is 101 Å². The zero-order chi connectivity index (χ0) is 24.6. The molecule has 3 aromatic rings. The largest absolute Gasteiger partial charge is 0.497 e. The molecule has 0 aliphatic heterocycles. The smallest absolute Gasteiger partial charge is 0.416 e. The second kappa shape index (κ2) is 11.4. The number of halogens is 3. The first-order valence-corrected chi connectivity index (χ1v) is 10.6. The lowest BCUT2D eigenvalue weighted by Gasteiger charge is -2.19. The number of hydrogen-bond donors (Lipinski definition) is 2. The van der Waals surface area contributed by atoms with E-state index in [1.165, 1.54) is 19.2 Å². The van der Waals surface area contributed by atoms with Gasteiger partial charge < -0.3 is 15.4 Å². The van der Waals surface area contributed by atoms with Crippen molar-refractivity contribution in [3.8, 4) is 5.75 Å². The van der Waals surface area contributed by atoms with Crippen molar-refractivity contribution in [1.82, 2.24) is 10.6 Å². The average molecular weight is 470 g/mol. The van der Waals surface area contributed by atoms with Crippen molar-refractivity contribution >= 4 is 11.8 Å². The maximum atomic E-state index is 13.1. The summed E-state index contributed by atoms with van der Waals surface area (Å²) in [6, 6.07) is 19.8. The number of nitrogens with one attached hydrogen (secondary N) is 2. The second-order valence-electron chi connectivity index (χ2n) is 7.75. The van der Waals surface area contributed by atoms with Gasteiger partial charge >= 0.3 is 6.18 Å². The van der Waals surface area contributed by atoms with Gasteiger partial charge in [0.2, 0.25) is 11.8 Å². The van der Waals surface area contributed by atoms with Crippen LogP contribution in [-0.4, -0.2) is 25.0 Å². The molecule has 178 valence electrons. The summed E-state index contributed by atoms with van der Waals surface area (Å²) in [7, 11) is 1.54. The van der Waals surface area contributed by atoms with E-state index in [1.54, 1.807) is 24.3 Å². The number of carbonyl (C=O) groups is 2. The van der Waals surface area contributed by atoms with Crippen LogP contribution in [0.15, 0.2) is 78.9 Å². The fourth-order valence-corrected chi connectivity index (χ4v) is 3.40. The van der Waals surface area contributed by atoms with Gasteiger partial charge in [0, 0.05) is 13.0 Å². The Hall–Kier alpha value is -3.81. The van der Waals surface area contributed by atoms with E-state index in [0.717, 1.165) is 17.7 Å². The number of amides is 2. The highest BCUT2D eigenvalue weighted by molar-refractivity contribution is 5.88. The lowest BCUT2D eigenvalue weighted by Crippen LogP contribution is -2.48. The van der Waals surface area contributed by atoms with Crippen molar-refractivity contribution < 1.29 is 27.5 Å². The van der Waals surface area contributed by atoms with E-state index in [-0.39, 0.29) is 19.4 Å². The van der Waals surface area contributed by atoms with Crippen molar-refractivity contribution in [2.75, 3.05) is 7.11 Å². The molecule has 0 saturated heterocycles. The van der Waals surface area contributed by atoms with Crippen LogP contribution >= 0.6 is 0 Å². The summed E-state index contributed by atoms with van der Waals surface area (Å²) in [6.45, 7) is 0.229. The SMILES string of the molecule is COc1ccc(CC(=O)N[C@H](Cc2cccc(C(F)(F)F)c2)C(=O)NCc2ccccc2)cc1. The molecule has 0 aromatic heterocycles. The molecule has 0 spiro atoms. The van der Waals surface area contributed by atoms with Crippen LogP contribution in [0.3, 0.4) is 0 Å². The predicted molar refractivity (Wildman–Crippen MR) is 122 cm³/mol. The zero-order valence-corrected chi connectivity index (χ0v) is 18.6. The Labute approximate surface area is 195 Å². The summed E-state index contributed by atoms with van der Waals surface area (Å²) in [6.07, 6.45) is -4.58. The molecule has 0 fully saturated rings. The minimum Gasteiger partial charge on any atom is -0.497 e. The van der Waals surface area contributed by atoms with E-state index in [2.05, 4.69) is 10.6 Å². The van der Waals surface area contributed by atoms with Gasteiger partial charge in [0.15, 0.2) is 0 Å². The van der Waals surface area contributed by atoms with Gasteiger partial charge in [-0.2, -0.15) is 13.2 Å². The van der Waals surface area contributed by atoms with Crippen LogP contribution in [0.25, 0.3) is 0 Å². The topological polar surface area (TPSA) is 67.4 Å². The van der Waals surface area contributed by atoms with Gasteiger partial charge in [-0.25, -0.2) is 0 Å². The minimum absolute atomic E-state index is 0.00898. The van der Waals surface area contributed by atoms with Gasteiger partial charge in [-0.05, 0) is 34.9 Å². The third-order valence-electron chi connectivity index (χ3n) is 5.18. The summed E-state index contributed by atoms with van der Waals surface area (Å²) in [5, 5.41) is 5.43. The highest BCUT2D eigenvalue weighted by atomic mass is 19.4. The molecule has 8 heteroatoms. The van der Waals surface area contributed by atoms with Crippen LogP contribution < -0.4 is 15.4 Å². The molecule has 0 aliphatic carbocycles. The summed E-state index contributed by atoms with van der Waals surface area (Å²) >= 11 is 0. The summed E-state index contributed by atoms with van der Waals surface area (Å²) in [5.74, 6) is -0.256. The second-order valence-corrected chi connectivity index (χ2v) is 7.75. The van der Waals surface area contributed by atoms with Crippen LogP contribution in [0, 0.1) is 0 Å². The number of methoxy groups -OCH3 is 1. The number of carbonyl (C=O) groups excluding carboxylic acids is 2. The standard InChI is InChI=1S/C26H25F3N2O3/c1-34-22-12-10-18(11-13-22)16-24(32)31-23(25(33)30-17-19-6-3-2-4-7-19)15-20-8-5-9-21(14-20)26(27,28)29/h2-14,23H,15-17H2,1H3,(H,30,33)(H,31,32)/t23-/m1/s1. The van der Waals surface area contributed by atoms with Crippen LogP contribution in [-0.2, 0) is 35.2 Å². The van der Waals surface area contributed by atoms with Crippen LogP contribution in [0.5, 0.6) is 5.75 Å². The molecule has 0 saturated carbocycles. The zero-order valence-electron chi connectivity index (χ0n) is 18.6. The van der Waals surface area contributed by atoms with Crippen molar-refractivity contribution in [1.29, 1.82) is 0 Å². The lowest BCUT2D eigenvalue weighted by molar-refractivity contribution is -0.137. The molecule has 0 heterocycles. The number of alkyl halides is 3. The fraction of sp³-hybridized carbons (Fsp3) is 0.231. The average Bonchev–Trinajstić information content (AvgIpc) is 2.83. The van der Waals surface area contributed by atoms with E-state index < -0.39 is 29.6 Å². The summed E-state index contributed by atoms with van der Waals surface area (Å²) < 4.78 is 44.5. The first-order chi connectivity index (χ1) is 16.2. The highest BCUT2D eigenvalue weighted by Gasteiger charge is 2.31. The molecule has 0 aliphatic rings. The Balaban J connectivity index is 1.73. The Morgan fingerprint density at radius 1 is 0.882 bits per heavy atom. The molecule has 0 radical (unpaired) electrons. The third-order valence-corrected chi connectivity index (χ3v) is 5.18. The molecule has 5 nitrogen and oxygen atoms in total. The Morgan fingerprint density at radius 2 is 1.56 bits per heavy atom. The van der Waals surface area contributed by atoms with Crippen molar-refractivity contribution in [2.45, 2.75) is 31.6 Å². The molecular weight excluding hydrogens is 445 g/mol. The van der Waals surface area contributed by atoms with Crippen LogP contribution in [0.2, 0.25) is 0 Å². The van der Waals surface area contributed by atoms with E-state index in [4.69, 9.17) is 4.74 Å². The summed E-state index contributed by atoms with van der Waals surface area (Å²) in [4.78, 5) is 25.6. The Kier molecular flexibility index (Phi) is 8.29. The first kappa shape index (κ1) is 24.8.